The highest BCUT2D eigenvalue weighted by Crippen LogP contribution is 2.43. The molecule has 0 radical (unpaired) electrons. The smallest absolute Gasteiger partial charge is 0.370 e. The van der Waals surface area contributed by atoms with Gasteiger partial charge in [0.25, 0.3) is 0 Å². The maximum absolute atomic E-state index is 14.5. The second kappa shape index (κ2) is 8.39. The predicted octanol–water partition coefficient (Wildman–Crippen LogP) is 5.45. The molecule has 4 rings (SSSR count). The van der Waals surface area contributed by atoms with Crippen molar-refractivity contribution < 1.29 is 23.1 Å². The number of hydrogen-bond acceptors (Lipinski definition) is 7. The summed E-state index contributed by atoms with van der Waals surface area (Å²) in [6.07, 6.45) is 2.41. The van der Waals surface area contributed by atoms with Gasteiger partial charge in [0, 0.05) is 21.9 Å². The number of anilines is 2. The molecule has 0 atom stereocenters. The lowest BCUT2D eigenvalue weighted by Gasteiger charge is -2.10. The Morgan fingerprint density at radius 1 is 0.968 bits per heavy atom. The number of fused-ring (bicyclic) bond motifs is 2. The van der Waals surface area contributed by atoms with E-state index in [1.807, 2.05) is 25.1 Å². The Labute approximate surface area is 186 Å². The number of nitrogens with one attached hydrogen (secondary N) is 2. The summed E-state index contributed by atoms with van der Waals surface area (Å²) < 4.78 is 34.2. The molecule has 2 aliphatic rings. The molecular formula is C22H18F2N2O3S2. The van der Waals surface area contributed by atoms with E-state index in [0.29, 0.717) is 11.4 Å². The van der Waals surface area contributed by atoms with Crippen LogP contribution in [0.2, 0.25) is 0 Å². The Hall–Kier alpha value is -2.78. The van der Waals surface area contributed by atoms with Gasteiger partial charge in [0.05, 0.1) is 28.5 Å². The van der Waals surface area contributed by atoms with Gasteiger partial charge in [-0.15, -0.1) is 0 Å². The maximum atomic E-state index is 14.5. The fourth-order valence-electron chi connectivity index (χ4n) is 3.02. The number of methoxy groups -OCH3 is 1. The number of thioether (sulfide) groups is 2. The number of rotatable bonds is 6. The standard InChI is InChI=1S/C22H18F2N2O3S2/c1-3-12-4-6-14-16(8-12)30-20(25-14)10-18(27)22(23,24)19(28)11-21-26-15-7-5-13(29-2)9-17(15)31-21/h4-11,25-26H,3H2,1-2H3/b20-10+,21-11+. The minimum atomic E-state index is -4.17. The first-order valence-electron chi connectivity index (χ1n) is 9.41. The molecule has 0 aliphatic carbocycles. The fourth-order valence-corrected chi connectivity index (χ4v) is 4.99. The van der Waals surface area contributed by atoms with Crippen molar-refractivity contribution in [3.05, 3.63) is 64.2 Å². The third-order valence-corrected chi connectivity index (χ3v) is 6.74. The zero-order valence-corrected chi connectivity index (χ0v) is 18.3. The zero-order chi connectivity index (χ0) is 22.2. The summed E-state index contributed by atoms with van der Waals surface area (Å²) in [6.45, 7) is 2.02. The number of hydrogen-bond donors (Lipinski definition) is 2. The van der Waals surface area contributed by atoms with E-state index in [2.05, 4.69) is 10.6 Å². The molecule has 5 nitrogen and oxygen atoms in total. The summed E-state index contributed by atoms with van der Waals surface area (Å²) in [4.78, 5) is 26.1. The topological polar surface area (TPSA) is 67.4 Å². The van der Waals surface area contributed by atoms with Gasteiger partial charge in [0.1, 0.15) is 5.75 Å². The van der Waals surface area contributed by atoms with Gasteiger partial charge in [-0.3, -0.25) is 9.59 Å². The Morgan fingerprint density at radius 2 is 1.52 bits per heavy atom. The second-order valence-electron chi connectivity index (χ2n) is 6.82. The number of halogens is 2. The Balaban J connectivity index is 1.47. The highest BCUT2D eigenvalue weighted by atomic mass is 32.2. The van der Waals surface area contributed by atoms with E-state index in [9.17, 15) is 18.4 Å². The van der Waals surface area contributed by atoms with Gasteiger partial charge in [-0.2, -0.15) is 8.78 Å². The first-order chi connectivity index (χ1) is 14.8. The lowest BCUT2D eigenvalue weighted by Crippen LogP contribution is -2.36. The molecular weight excluding hydrogens is 442 g/mol. The third-order valence-electron chi connectivity index (χ3n) is 4.74. The summed E-state index contributed by atoms with van der Waals surface area (Å²) in [6, 6.07) is 10.9. The molecule has 0 amide bonds. The first kappa shape index (κ1) is 21.5. The van der Waals surface area contributed by atoms with Crippen LogP contribution in [-0.4, -0.2) is 24.6 Å². The molecule has 0 aromatic heterocycles. The summed E-state index contributed by atoms with van der Waals surface area (Å²) in [7, 11) is 1.52. The average Bonchev–Trinajstić information content (AvgIpc) is 3.34. The van der Waals surface area contributed by atoms with Crippen LogP contribution in [-0.2, 0) is 16.0 Å². The van der Waals surface area contributed by atoms with E-state index < -0.39 is 17.5 Å². The lowest BCUT2D eigenvalue weighted by atomic mass is 10.1. The molecule has 2 heterocycles. The largest absolute Gasteiger partial charge is 0.497 e. The first-order valence-corrected chi connectivity index (χ1v) is 11.0. The summed E-state index contributed by atoms with van der Waals surface area (Å²) in [5.41, 5.74) is 2.53. The minimum Gasteiger partial charge on any atom is -0.497 e. The van der Waals surface area contributed by atoms with Gasteiger partial charge in [0.15, 0.2) is 0 Å². The second-order valence-corrected chi connectivity index (χ2v) is 8.99. The van der Waals surface area contributed by atoms with Crippen molar-refractivity contribution in [1.29, 1.82) is 0 Å². The number of benzene rings is 2. The molecule has 160 valence electrons. The van der Waals surface area contributed by atoms with Crippen molar-refractivity contribution in [2.24, 2.45) is 0 Å². The van der Waals surface area contributed by atoms with Crippen LogP contribution in [0, 0.1) is 0 Å². The van der Waals surface area contributed by atoms with Crippen molar-refractivity contribution >= 4 is 46.5 Å². The summed E-state index contributed by atoms with van der Waals surface area (Å²) >= 11 is 2.31. The van der Waals surface area contributed by atoms with Crippen LogP contribution in [0.1, 0.15) is 12.5 Å². The van der Waals surface area contributed by atoms with Crippen molar-refractivity contribution in [1.82, 2.24) is 0 Å². The molecule has 2 N–H and O–H groups in total. The number of carbonyl (C=O) groups is 2. The minimum absolute atomic E-state index is 0.223. The molecule has 0 spiro atoms. The number of alkyl halides is 2. The molecule has 0 bridgehead atoms. The molecule has 31 heavy (non-hydrogen) atoms. The van der Waals surface area contributed by atoms with Crippen molar-refractivity contribution in [2.75, 3.05) is 17.7 Å². The fraction of sp³-hybridized carbons (Fsp3) is 0.182. The van der Waals surface area contributed by atoms with Crippen molar-refractivity contribution in [2.45, 2.75) is 29.1 Å². The molecule has 0 saturated heterocycles. The van der Waals surface area contributed by atoms with E-state index in [4.69, 9.17) is 4.74 Å². The summed E-state index contributed by atoms with van der Waals surface area (Å²) in [5, 5.41) is 6.32. The van der Waals surface area contributed by atoms with Gasteiger partial charge in [-0.1, -0.05) is 36.5 Å². The number of aryl methyl sites for hydroxylation is 1. The highest BCUT2D eigenvalue weighted by Gasteiger charge is 2.45. The predicted molar refractivity (Wildman–Crippen MR) is 119 cm³/mol. The van der Waals surface area contributed by atoms with Crippen molar-refractivity contribution in [3.63, 3.8) is 0 Å². The number of carbonyl (C=O) groups excluding carboxylic acids is 2. The molecule has 0 unspecified atom stereocenters. The SMILES string of the molecule is CCc1ccc2c(c1)S/C(=C/C(=O)C(F)(F)C(=O)/C=C1\Nc3ccc(OC)cc3S1)N2. The molecule has 0 saturated carbocycles. The van der Waals surface area contributed by atoms with Gasteiger partial charge >= 0.3 is 5.92 Å². The van der Waals surface area contributed by atoms with Crippen LogP contribution < -0.4 is 15.4 Å². The van der Waals surface area contributed by atoms with Crippen LogP contribution in [0.3, 0.4) is 0 Å². The van der Waals surface area contributed by atoms with Crippen LogP contribution in [0.15, 0.2) is 68.4 Å². The number of ether oxygens (including phenoxy) is 1. The average molecular weight is 461 g/mol. The zero-order valence-electron chi connectivity index (χ0n) is 16.6. The quantitative estimate of drug-likeness (QED) is 0.439. The van der Waals surface area contributed by atoms with E-state index in [1.54, 1.807) is 18.2 Å². The van der Waals surface area contributed by atoms with Gasteiger partial charge in [-0.25, -0.2) is 0 Å². The highest BCUT2D eigenvalue weighted by molar-refractivity contribution is 8.04. The number of ketones is 2. The van der Waals surface area contributed by atoms with Crippen LogP contribution in [0.5, 0.6) is 5.75 Å². The molecule has 0 fully saturated rings. The van der Waals surface area contributed by atoms with E-state index in [1.165, 1.54) is 18.9 Å². The van der Waals surface area contributed by atoms with Crippen molar-refractivity contribution in [3.8, 4) is 5.75 Å². The molecule has 9 heteroatoms. The Morgan fingerprint density at radius 3 is 2.06 bits per heavy atom. The van der Waals surface area contributed by atoms with E-state index in [-0.39, 0.29) is 10.1 Å². The van der Waals surface area contributed by atoms with E-state index in [0.717, 1.165) is 51.4 Å². The number of allylic oxidation sites excluding steroid dienone is 2. The monoisotopic (exact) mass is 460 g/mol. The Bertz CT molecular complexity index is 1060. The van der Waals surface area contributed by atoms with Gasteiger partial charge < -0.3 is 15.4 Å². The van der Waals surface area contributed by atoms with Crippen LogP contribution in [0.25, 0.3) is 0 Å². The Kier molecular flexibility index (Phi) is 5.81. The summed E-state index contributed by atoms with van der Waals surface area (Å²) in [5.74, 6) is -6.69. The lowest BCUT2D eigenvalue weighted by molar-refractivity contribution is -0.150. The third kappa shape index (κ3) is 4.33. The molecule has 2 aromatic rings. The normalized spacial score (nSPS) is 17.2. The van der Waals surface area contributed by atoms with Crippen LogP contribution in [0.4, 0.5) is 20.2 Å². The molecule has 2 aromatic carbocycles. The van der Waals surface area contributed by atoms with Crippen LogP contribution >= 0.6 is 23.5 Å². The van der Waals surface area contributed by atoms with E-state index >= 15 is 0 Å². The molecule has 2 aliphatic heterocycles. The van der Waals surface area contributed by atoms with Gasteiger partial charge in [0.2, 0.25) is 11.6 Å². The maximum Gasteiger partial charge on any atom is 0.370 e. The van der Waals surface area contributed by atoms with Gasteiger partial charge in [-0.05, 0) is 42.3 Å².